The van der Waals surface area contributed by atoms with E-state index in [4.69, 9.17) is 15.7 Å². The SMILES string of the molecule is CC(C#N)OC(=O)c1cc(N)ccc1N(C)C. The average molecular weight is 233 g/mol. The fourth-order valence-electron chi connectivity index (χ4n) is 1.36. The highest BCUT2D eigenvalue weighted by Gasteiger charge is 2.17. The van der Waals surface area contributed by atoms with E-state index in [0.29, 0.717) is 16.9 Å². The molecule has 5 nitrogen and oxygen atoms in total. The lowest BCUT2D eigenvalue weighted by Gasteiger charge is -2.17. The summed E-state index contributed by atoms with van der Waals surface area (Å²) in [6, 6.07) is 6.83. The summed E-state index contributed by atoms with van der Waals surface area (Å²) in [5, 5.41) is 8.60. The van der Waals surface area contributed by atoms with Crippen molar-refractivity contribution in [3.63, 3.8) is 0 Å². The lowest BCUT2D eigenvalue weighted by molar-refractivity contribution is 0.0436. The Morgan fingerprint density at radius 3 is 2.71 bits per heavy atom. The Morgan fingerprint density at radius 2 is 2.18 bits per heavy atom. The molecule has 0 aliphatic heterocycles. The fraction of sp³-hybridized carbons (Fsp3) is 0.333. The third-order valence-electron chi connectivity index (χ3n) is 2.19. The Bertz CT molecular complexity index is 463. The van der Waals surface area contributed by atoms with Gasteiger partial charge in [-0.2, -0.15) is 5.26 Å². The smallest absolute Gasteiger partial charge is 0.341 e. The van der Waals surface area contributed by atoms with Crippen LogP contribution in [0.25, 0.3) is 0 Å². The molecule has 1 aromatic rings. The van der Waals surface area contributed by atoms with Crippen LogP contribution in [0.5, 0.6) is 0 Å². The predicted octanol–water partition coefficient (Wildman–Crippen LogP) is 1.40. The van der Waals surface area contributed by atoms with Gasteiger partial charge in [0, 0.05) is 19.8 Å². The summed E-state index contributed by atoms with van der Waals surface area (Å²) < 4.78 is 4.95. The second-order valence-electron chi connectivity index (χ2n) is 3.85. The number of rotatable bonds is 3. The molecule has 1 atom stereocenters. The number of nitriles is 1. The van der Waals surface area contributed by atoms with E-state index in [1.54, 1.807) is 23.1 Å². The van der Waals surface area contributed by atoms with Gasteiger partial charge in [0.1, 0.15) is 6.07 Å². The molecule has 0 fully saturated rings. The van der Waals surface area contributed by atoms with Crippen molar-refractivity contribution in [2.75, 3.05) is 24.7 Å². The lowest BCUT2D eigenvalue weighted by Crippen LogP contribution is -2.18. The van der Waals surface area contributed by atoms with Crippen molar-refractivity contribution >= 4 is 17.3 Å². The van der Waals surface area contributed by atoms with Crippen molar-refractivity contribution in [3.05, 3.63) is 23.8 Å². The number of anilines is 2. The van der Waals surface area contributed by atoms with Crippen LogP contribution in [0.2, 0.25) is 0 Å². The minimum absolute atomic E-state index is 0.358. The predicted molar refractivity (Wildman–Crippen MR) is 65.7 cm³/mol. The molecule has 1 aromatic carbocycles. The van der Waals surface area contributed by atoms with Gasteiger partial charge in [-0.05, 0) is 25.1 Å². The molecule has 0 aliphatic carbocycles. The molecule has 0 saturated carbocycles. The maximum atomic E-state index is 11.8. The van der Waals surface area contributed by atoms with Crippen molar-refractivity contribution < 1.29 is 9.53 Å². The number of ether oxygens (including phenoxy) is 1. The van der Waals surface area contributed by atoms with Gasteiger partial charge in [0.25, 0.3) is 0 Å². The van der Waals surface area contributed by atoms with Gasteiger partial charge < -0.3 is 15.4 Å². The monoisotopic (exact) mass is 233 g/mol. The highest BCUT2D eigenvalue weighted by atomic mass is 16.5. The molecule has 0 radical (unpaired) electrons. The quantitative estimate of drug-likeness (QED) is 0.630. The normalized spacial score (nSPS) is 11.4. The van der Waals surface area contributed by atoms with Crippen molar-refractivity contribution in [3.8, 4) is 6.07 Å². The second kappa shape index (κ2) is 5.21. The van der Waals surface area contributed by atoms with E-state index in [-0.39, 0.29) is 0 Å². The third kappa shape index (κ3) is 3.11. The zero-order valence-corrected chi connectivity index (χ0v) is 10.1. The summed E-state index contributed by atoms with van der Waals surface area (Å²) in [6.45, 7) is 1.51. The Morgan fingerprint density at radius 1 is 1.53 bits per heavy atom. The van der Waals surface area contributed by atoms with Crippen molar-refractivity contribution in [1.29, 1.82) is 5.26 Å². The first kappa shape index (κ1) is 12.8. The van der Waals surface area contributed by atoms with Crippen LogP contribution < -0.4 is 10.6 Å². The highest BCUT2D eigenvalue weighted by molar-refractivity contribution is 5.97. The van der Waals surface area contributed by atoms with Gasteiger partial charge in [-0.25, -0.2) is 4.79 Å². The van der Waals surface area contributed by atoms with E-state index >= 15 is 0 Å². The highest BCUT2D eigenvalue weighted by Crippen LogP contribution is 2.22. The van der Waals surface area contributed by atoms with Gasteiger partial charge in [-0.3, -0.25) is 0 Å². The minimum Gasteiger partial charge on any atom is -0.444 e. The number of carbonyl (C=O) groups excluding carboxylic acids is 1. The van der Waals surface area contributed by atoms with E-state index in [9.17, 15) is 4.79 Å². The molecule has 0 amide bonds. The number of nitrogens with two attached hydrogens (primary N) is 1. The van der Waals surface area contributed by atoms with Crippen LogP contribution in [0.1, 0.15) is 17.3 Å². The van der Waals surface area contributed by atoms with E-state index in [0.717, 1.165) is 0 Å². The maximum absolute atomic E-state index is 11.8. The topological polar surface area (TPSA) is 79.3 Å². The second-order valence-corrected chi connectivity index (χ2v) is 3.85. The van der Waals surface area contributed by atoms with Crippen molar-refractivity contribution in [2.24, 2.45) is 0 Å². The summed E-state index contributed by atoms with van der Waals surface area (Å²) >= 11 is 0. The van der Waals surface area contributed by atoms with Gasteiger partial charge in [0.2, 0.25) is 0 Å². The van der Waals surface area contributed by atoms with Crippen LogP contribution >= 0.6 is 0 Å². The molecule has 0 saturated heterocycles. The molecule has 0 heterocycles. The molecule has 0 aliphatic rings. The van der Waals surface area contributed by atoms with Crippen LogP contribution in [0.4, 0.5) is 11.4 Å². The zero-order chi connectivity index (χ0) is 13.0. The van der Waals surface area contributed by atoms with E-state index < -0.39 is 12.1 Å². The molecule has 2 N–H and O–H groups in total. The summed E-state index contributed by atoms with van der Waals surface area (Å²) in [4.78, 5) is 13.6. The van der Waals surface area contributed by atoms with Gasteiger partial charge in [-0.15, -0.1) is 0 Å². The largest absolute Gasteiger partial charge is 0.444 e. The van der Waals surface area contributed by atoms with E-state index in [1.165, 1.54) is 6.92 Å². The Balaban J connectivity index is 3.07. The third-order valence-corrected chi connectivity index (χ3v) is 2.19. The first-order valence-electron chi connectivity index (χ1n) is 5.13. The Kier molecular flexibility index (Phi) is 3.94. The minimum atomic E-state index is -0.779. The van der Waals surface area contributed by atoms with Crippen LogP contribution in [0, 0.1) is 11.3 Å². The molecule has 5 heteroatoms. The molecule has 0 aromatic heterocycles. The van der Waals surface area contributed by atoms with Gasteiger partial charge >= 0.3 is 5.97 Å². The van der Waals surface area contributed by atoms with E-state index in [1.807, 2.05) is 20.2 Å². The molecule has 17 heavy (non-hydrogen) atoms. The number of benzene rings is 1. The van der Waals surface area contributed by atoms with Crippen molar-refractivity contribution in [1.82, 2.24) is 0 Å². The molecule has 1 unspecified atom stereocenters. The lowest BCUT2D eigenvalue weighted by atomic mass is 10.1. The molecule has 0 spiro atoms. The summed E-state index contributed by atoms with van der Waals surface area (Å²) in [6.07, 6.45) is -0.779. The molecular formula is C12H15N3O2. The number of nitrogen functional groups attached to an aromatic ring is 1. The number of hydrogen-bond donors (Lipinski definition) is 1. The van der Waals surface area contributed by atoms with E-state index in [2.05, 4.69) is 0 Å². The Labute approximate surface area is 100 Å². The van der Waals surface area contributed by atoms with Crippen LogP contribution in [0.15, 0.2) is 18.2 Å². The van der Waals surface area contributed by atoms with Crippen LogP contribution in [-0.2, 0) is 4.74 Å². The number of esters is 1. The zero-order valence-electron chi connectivity index (χ0n) is 10.1. The molecular weight excluding hydrogens is 218 g/mol. The van der Waals surface area contributed by atoms with Crippen molar-refractivity contribution in [2.45, 2.75) is 13.0 Å². The summed E-state index contributed by atoms with van der Waals surface area (Å²) in [5.74, 6) is -0.546. The van der Waals surface area contributed by atoms with Crippen LogP contribution in [-0.4, -0.2) is 26.2 Å². The van der Waals surface area contributed by atoms with Gasteiger partial charge in [0.15, 0.2) is 6.10 Å². The molecule has 90 valence electrons. The van der Waals surface area contributed by atoms with Crippen LogP contribution in [0.3, 0.4) is 0 Å². The number of carbonyl (C=O) groups is 1. The standard InChI is InChI=1S/C12H15N3O2/c1-8(7-13)17-12(16)10-6-9(14)4-5-11(10)15(2)3/h4-6,8H,14H2,1-3H3. The van der Waals surface area contributed by atoms with Gasteiger partial charge in [0.05, 0.1) is 11.3 Å². The Hall–Kier alpha value is -2.22. The maximum Gasteiger partial charge on any atom is 0.341 e. The van der Waals surface area contributed by atoms with Gasteiger partial charge in [-0.1, -0.05) is 0 Å². The first-order valence-corrected chi connectivity index (χ1v) is 5.13. The average Bonchev–Trinajstić information content (AvgIpc) is 2.28. The fourth-order valence-corrected chi connectivity index (χ4v) is 1.36. The number of hydrogen-bond acceptors (Lipinski definition) is 5. The molecule has 1 rings (SSSR count). The first-order chi connectivity index (χ1) is 7.95. The summed E-state index contributed by atoms with van der Waals surface area (Å²) in [5.41, 5.74) is 7.18. The molecule has 0 bridgehead atoms. The number of nitrogens with zero attached hydrogens (tertiary/aromatic N) is 2. The summed E-state index contributed by atoms with van der Waals surface area (Å²) in [7, 11) is 3.63.